The summed E-state index contributed by atoms with van der Waals surface area (Å²) in [5.74, 6) is 1.25. The molecule has 0 amide bonds. The minimum atomic E-state index is 0.584. The molecule has 1 fully saturated rings. The van der Waals surface area contributed by atoms with Crippen molar-refractivity contribution in [3.63, 3.8) is 0 Å². The van der Waals surface area contributed by atoms with Crippen molar-refractivity contribution < 1.29 is 0 Å². The largest absolute Gasteiger partial charge is 0.317 e. The van der Waals surface area contributed by atoms with E-state index in [9.17, 15) is 0 Å². The number of nitrogens with zero attached hydrogens (tertiary/aromatic N) is 3. The van der Waals surface area contributed by atoms with Gasteiger partial charge in [0.2, 0.25) is 0 Å². The van der Waals surface area contributed by atoms with Crippen LogP contribution in [0.4, 0.5) is 0 Å². The third-order valence-electron chi connectivity index (χ3n) is 3.43. The first-order valence-electron chi connectivity index (χ1n) is 5.26. The van der Waals surface area contributed by atoms with Gasteiger partial charge in [0.25, 0.3) is 0 Å². The Bertz CT molecular complexity index is 307. The predicted octanol–water partition coefficient (Wildman–Crippen LogP) is 0.917. The van der Waals surface area contributed by atoms with E-state index in [-0.39, 0.29) is 0 Å². The molecule has 3 atom stereocenters. The van der Waals surface area contributed by atoms with Crippen molar-refractivity contribution in [2.24, 2.45) is 13.0 Å². The zero-order chi connectivity index (χ0) is 10.1. The summed E-state index contributed by atoms with van der Waals surface area (Å²) in [5.41, 5.74) is 1.15. The maximum atomic E-state index is 4.39. The Morgan fingerprint density at radius 3 is 2.79 bits per heavy atom. The highest BCUT2D eigenvalue weighted by Gasteiger charge is 2.34. The molecule has 4 nitrogen and oxygen atoms in total. The fraction of sp³-hybridized carbons (Fsp3) is 0.800. The van der Waals surface area contributed by atoms with Crippen LogP contribution in [0.15, 0.2) is 6.20 Å². The van der Waals surface area contributed by atoms with Crippen LogP contribution in [0.5, 0.6) is 0 Å². The van der Waals surface area contributed by atoms with Crippen LogP contribution in [-0.2, 0) is 7.05 Å². The van der Waals surface area contributed by atoms with Crippen molar-refractivity contribution >= 4 is 0 Å². The van der Waals surface area contributed by atoms with Crippen molar-refractivity contribution in [1.82, 2.24) is 20.3 Å². The molecule has 1 N–H and O–H groups in total. The second-order valence-corrected chi connectivity index (χ2v) is 4.20. The fourth-order valence-corrected chi connectivity index (χ4v) is 2.52. The van der Waals surface area contributed by atoms with Crippen LogP contribution in [0.25, 0.3) is 0 Å². The summed E-state index contributed by atoms with van der Waals surface area (Å²) in [7, 11) is 3.92. The van der Waals surface area contributed by atoms with E-state index in [1.165, 1.54) is 12.8 Å². The summed E-state index contributed by atoms with van der Waals surface area (Å²) >= 11 is 0. The third kappa shape index (κ3) is 1.54. The van der Waals surface area contributed by atoms with Gasteiger partial charge in [0.15, 0.2) is 0 Å². The molecule has 0 spiro atoms. The maximum Gasteiger partial charge on any atom is 0.0861 e. The van der Waals surface area contributed by atoms with Crippen LogP contribution in [-0.4, -0.2) is 28.1 Å². The van der Waals surface area contributed by atoms with E-state index < -0.39 is 0 Å². The lowest BCUT2D eigenvalue weighted by molar-refractivity contribution is 0.422. The first-order chi connectivity index (χ1) is 6.72. The summed E-state index contributed by atoms with van der Waals surface area (Å²) in [6.45, 7) is 2.30. The van der Waals surface area contributed by atoms with Crippen LogP contribution in [0.2, 0.25) is 0 Å². The molecule has 4 heteroatoms. The van der Waals surface area contributed by atoms with E-state index >= 15 is 0 Å². The Morgan fingerprint density at radius 1 is 1.50 bits per heavy atom. The third-order valence-corrected chi connectivity index (χ3v) is 3.43. The maximum absolute atomic E-state index is 4.39. The average Bonchev–Trinajstić information content (AvgIpc) is 2.72. The van der Waals surface area contributed by atoms with Crippen molar-refractivity contribution in [3.05, 3.63) is 11.9 Å². The lowest BCUT2D eigenvalue weighted by atomic mass is 9.93. The summed E-state index contributed by atoms with van der Waals surface area (Å²) in [4.78, 5) is 1.65. The molecule has 0 radical (unpaired) electrons. The predicted molar refractivity (Wildman–Crippen MR) is 55.0 cm³/mol. The smallest absolute Gasteiger partial charge is 0.0861 e. The molecule has 0 saturated heterocycles. The van der Waals surface area contributed by atoms with Gasteiger partial charge in [-0.15, -0.1) is 0 Å². The van der Waals surface area contributed by atoms with Crippen LogP contribution in [0, 0.1) is 5.92 Å². The molecular formula is C10H18N4. The molecule has 78 valence electrons. The fourth-order valence-electron chi connectivity index (χ4n) is 2.52. The van der Waals surface area contributed by atoms with Crippen molar-refractivity contribution in [3.8, 4) is 0 Å². The highest BCUT2D eigenvalue weighted by atomic mass is 15.4. The molecule has 1 heterocycles. The van der Waals surface area contributed by atoms with Crippen LogP contribution >= 0.6 is 0 Å². The summed E-state index contributed by atoms with van der Waals surface area (Å²) in [5, 5.41) is 11.9. The van der Waals surface area contributed by atoms with Gasteiger partial charge in [-0.3, -0.25) is 0 Å². The highest BCUT2D eigenvalue weighted by Crippen LogP contribution is 2.38. The van der Waals surface area contributed by atoms with Crippen molar-refractivity contribution in [2.75, 3.05) is 7.05 Å². The molecule has 1 aliphatic carbocycles. The number of rotatable bonds is 2. The lowest BCUT2D eigenvalue weighted by Gasteiger charge is -2.18. The number of aromatic nitrogens is 3. The monoisotopic (exact) mass is 194 g/mol. The zero-order valence-electron chi connectivity index (χ0n) is 9.07. The first-order valence-corrected chi connectivity index (χ1v) is 5.26. The SMILES string of the molecule is CNC1CCC(c2cnn(C)n2)C1C. The molecule has 2 rings (SSSR count). The van der Waals surface area contributed by atoms with E-state index in [1.807, 2.05) is 20.3 Å². The Kier molecular flexibility index (Phi) is 2.54. The summed E-state index contributed by atoms with van der Waals surface area (Å²) in [6, 6.07) is 0.641. The summed E-state index contributed by atoms with van der Waals surface area (Å²) in [6.07, 6.45) is 4.38. The van der Waals surface area contributed by atoms with Crippen molar-refractivity contribution in [1.29, 1.82) is 0 Å². The van der Waals surface area contributed by atoms with Crippen molar-refractivity contribution in [2.45, 2.75) is 31.7 Å². The number of hydrogen-bond acceptors (Lipinski definition) is 3. The van der Waals surface area contributed by atoms with Gasteiger partial charge in [-0.25, -0.2) is 0 Å². The van der Waals surface area contributed by atoms with Gasteiger partial charge in [-0.1, -0.05) is 6.92 Å². The van der Waals surface area contributed by atoms with Crippen LogP contribution in [0.3, 0.4) is 0 Å². The normalized spacial score (nSPS) is 32.4. The Morgan fingerprint density at radius 2 is 2.29 bits per heavy atom. The number of hydrogen-bond donors (Lipinski definition) is 1. The molecule has 0 aromatic carbocycles. The Labute approximate surface area is 84.7 Å². The van der Waals surface area contributed by atoms with Gasteiger partial charge >= 0.3 is 0 Å². The quantitative estimate of drug-likeness (QED) is 0.761. The second-order valence-electron chi connectivity index (χ2n) is 4.20. The van der Waals surface area contributed by atoms with Gasteiger partial charge in [0, 0.05) is 19.0 Å². The van der Waals surface area contributed by atoms with Crippen LogP contribution in [0.1, 0.15) is 31.4 Å². The van der Waals surface area contributed by atoms with E-state index in [1.54, 1.807) is 4.80 Å². The Hall–Kier alpha value is -0.900. The molecule has 0 bridgehead atoms. The molecule has 1 aromatic rings. The van der Waals surface area contributed by atoms with Gasteiger partial charge in [-0.2, -0.15) is 15.0 Å². The van der Waals surface area contributed by atoms with Crippen LogP contribution < -0.4 is 5.32 Å². The van der Waals surface area contributed by atoms with Gasteiger partial charge in [-0.05, 0) is 25.8 Å². The average molecular weight is 194 g/mol. The first kappa shape index (κ1) is 9.65. The molecule has 1 aromatic heterocycles. The Balaban J connectivity index is 2.13. The minimum Gasteiger partial charge on any atom is -0.317 e. The topological polar surface area (TPSA) is 42.7 Å². The number of aryl methyl sites for hydroxylation is 1. The van der Waals surface area contributed by atoms with E-state index in [4.69, 9.17) is 0 Å². The molecule has 3 unspecified atom stereocenters. The number of nitrogens with one attached hydrogen (secondary N) is 1. The highest BCUT2D eigenvalue weighted by molar-refractivity contribution is 5.08. The summed E-state index contributed by atoms with van der Waals surface area (Å²) < 4.78 is 0. The van der Waals surface area contributed by atoms with Gasteiger partial charge in [0.1, 0.15) is 0 Å². The molecule has 14 heavy (non-hydrogen) atoms. The van der Waals surface area contributed by atoms with E-state index in [2.05, 4.69) is 22.4 Å². The molecule has 1 aliphatic rings. The van der Waals surface area contributed by atoms with Gasteiger partial charge < -0.3 is 5.32 Å². The molecule has 1 saturated carbocycles. The zero-order valence-corrected chi connectivity index (χ0v) is 9.07. The van der Waals surface area contributed by atoms with Gasteiger partial charge in [0.05, 0.1) is 11.9 Å². The lowest BCUT2D eigenvalue weighted by Crippen LogP contribution is -2.28. The minimum absolute atomic E-state index is 0.584. The molecule has 0 aliphatic heterocycles. The van der Waals surface area contributed by atoms with E-state index in [0.29, 0.717) is 17.9 Å². The molecular weight excluding hydrogens is 176 g/mol. The van der Waals surface area contributed by atoms with E-state index in [0.717, 1.165) is 5.69 Å². The standard InChI is InChI=1S/C10H18N4/c1-7-8(4-5-9(7)11-2)10-6-12-14(3)13-10/h6-9,11H,4-5H2,1-3H3. The second kappa shape index (κ2) is 3.69.